The van der Waals surface area contributed by atoms with Gasteiger partial charge in [-0.25, -0.2) is 4.68 Å². The van der Waals surface area contributed by atoms with Crippen LogP contribution in [0.5, 0.6) is 5.75 Å². The van der Waals surface area contributed by atoms with Crippen LogP contribution in [0.2, 0.25) is 0 Å². The van der Waals surface area contributed by atoms with Crippen molar-refractivity contribution in [3.8, 4) is 5.75 Å². The molecule has 1 aromatic heterocycles. The maximum absolute atomic E-state index is 12.4. The molecule has 1 aliphatic heterocycles. The summed E-state index contributed by atoms with van der Waals surface area (Å²) in [6.45, 7) is 7.83. The first-order valence-electron chi connectivity index (χ1n) is 8.80. The number of amides is 1. The Bertz CT molecular complexity index is 786. The van der Waals surface area contributed by atoms with Crippen molar-refractivity contribution in [3.05, 3.63) is 35.2 Å². The first-order valence-corrected chi connectivity index (χ1v) is 9.68. The number of nitrogens with zero attached hydrogens (tertiary/aromatic N) is 4. The lowest BCUT2D eigenvalue weighted by Crippen LogP contribution is -2.34. The molecule has 1 aromatic carbocycles. The van der Waals surface area contributed by atoms with Crippen molar-refractivity contribution >= 4 is 17.7 Å². The molecule has 7 nitrogen and oxygen atoms in total. The second kappa shape index (κ2) is 7.99. The fourth-order valence-corrected chi connectivity index (χ4v) is 3.87. The van der Waals surface area contributed by atoms with Gasteiger partial charge in [0.2, 0.25) is 11.1 Å². The Morgan fingerprint density at radius 3 is 2.73 bits per heavy atom. The number of hydrogen-bond acceptors (Lipinski definition) is 6. The molecule has 3 rings (SSSR count). The molecule has 1 atom stereocenters. The van der Waals surface area contributed by atoms with Crippen LogP contribution in [0.25, 0.3) is 0 Å². The summed E-state index contributed by atoms with van der Waals surface area (Å²) in [6.07, 6.45) is 2.16. The molecule has 140 valence electrons. The number of carbonyl (C=O) groups excluding carboxylic acids is 1. The number of aryl methyl sites for hydroxylation is 2. The third-order valence-corrected chi connectivity index (χ3v) is 5.51. The predicted molar refractivity (Wildman–Crippen MR) is 102 cm³/mol. The summed E-state index contributed by atoms with van der Waals surface area (Å²) in [5, 5.41) is 8.49. The van der Waals surface area contributed by atoms with Crippen molar-refractivity contribution in [3.63, 3.8) is 0 Å². The molecule has 0 bridgehead atoms. The molecular weight excluding hydrogens is 350 g/mol. The zero-order valence-corrected chi connectivity index (χ0v) is 16.3. The number of aromatic nitrogens is 3. The highest BCUT2D eigenvalue weighted by Gasteiger charge is 2.26. The molecule has 0 radical (unpaired) electrons. The molecule has 0 spiro atoms. The van der Waals surface area contributed by atoms with E-state index in [1.54, 1.807) is 0 Å². The lowest BCUT2D eigenvalue weighted by atomic mass is 10.1. The minimum Gasteiger partial charge on any atom is -0.485 e. The molecule has 2 aromatic rings. The van der Waals surface area contributed by atoms with Gasteiger partial charge in [0.25, 0.3) is 0 Å². The summed E-state index contributed by atoms with van der Waals surface area (Å²) in [5.41, 5.74) is 2.25. The molecule has 1 amide bonds. The van der Waals surface area contributed by atoms with Gasteiger partial charge in [-0.15, -0.1) is 10.2 Å². The van der Waals surface area contributed by atoms with Crippen LogP contribution in [-0.2, 0) is 11.4 Å². The zero-order valence-electron chi connectivity index (χ0n) is 15.4. The average molecular weight is 375 g/mol. The molecule has 26 heavy (non-hydrogen) atoms. The van der Waals surface area contributed by atoms with E-state index < -0.39 is 0 Å². The van der Waals surface area contributed by atoms with E-state index in [4.69, 9.17) is 10.6 Å². The predicted octanol–water partition coefficient (Wildman–Crippen LogP) is 2.29. The highest BCUT2D eigenvalue weighted by molar-refractivity contribution is 8.00. The molecule has 2 N–H and O–H groups in total. The van der Waals surface area contributed by atoms with Gasteiger partial charge in [0.15, 0.2) is 5.82 Å². The van der Waals surface area contributed by atoms with E-state index in [1.807, 2.05) is 37.8 Å². The smallest absolute Gasteiger partial charge is 0.235 e. The summed E-state index contributed by atoms with van der Waals surface area (Å²) in [7, 11) is 0. The van der Waals surface area contributed by atoms with Crippen LogP contribution in [0.3, 0.4) is 0 Å². The Morgan fingerprint density at radius 2 is 2.04 bits per heavy atom. The number of nitrogens with two attached hydrogens (primary N) is 1. The van der Waals surface area contributed by atoms with Gasteiger partial charge in [-0.3, -0.25) is 4.79 Å². The summed E-state index contributed by atoms with van der Waals surface area (Å²) >= 11 is 1.33. The molecule has 1 saturated heterocycles. The van der Waals surface area contributed by atoms with Crippen molar-refractivity contribution in [1.29, 1.82) is 0 Å². The lowest BCUT2D eigenvalue weighted by Gasteiger charge is -2.19. The largest absolute Gasteiger partial charge is 0.485 e. The van der Waals surface area contributed by atoms with Gasteiger partial charge in [-0.2, -0.15) is 0 Å². The summed E-state index contributed by atoms with van der Waals surface area (Å²) in [5.74, 6) is 7.54. The Kier molecular flexibility index (Phi) is 5.70. The molecule has 1 aliphatic rings. The molecule has 0 aliphatic carbocycles. The number of hydrogen-bond donors (Lipinski definition) is 1. The zero-order chi connectivity index (χ0) is 18.7. The van der Waals surface area contributed by atoms with E-state index in [0.29, 0.717) is 11.0 Å². The minimum atomic E-state index is -0.243. The Morgan fingerprint density at radius 1 is 1.31 bits per heavy atom. The number of ether oxygens (including phenoxy) is 1. The lowest BCUT2D eigenvalue weighted by molar-refractivity contribution is -0.129. The van der Waals surface area contributed by atoms with Crippen molar-refractivity contribution in [2.24, 2.45) is 0 Å². The standard InChI is InChI=1S/C18H25N5O2S/c1-12-6-7-15(13(2)10-12)25-11-16-20-21-18(23(16)19)26-14(3)17(24)22-8-4-5-9-22/h6-7,10,14H,4-5,8-9,11,19H2,1-3H3/t14-/m1/s1. The first kappa shape index (κ1) is 18.6. The van der Waals surface area contributed by atoms with Crippen molar-refractivity contribution in [2.75, 3.05) is 18.9 Å². The van der Waals surface area contributed by atoms with E-state index in [0.717, 1.165) is 37.2 Å². The van der Waals surface area contributed by atoms with Crippen molar-refractivity contribution in [2.45, 2.75) is 50.6 Å². The number of benzene rings is 1. The summed E-state index contributed by atoms with van der Waals surface area (Å²) in [4.78, 5) is 14.3. The highest BCUT2D eigenvalue weighted by Crippen LogP contribution is 2.24. The Hall–Kier alpha value is -2.22. The quantitative estimate of drug-likeness (QED) is 0.616. The van der Waals surface area contributed by atoms with Crippen LogP contribution >= 0.6 is 11.8 Å². The minimum absolute atomic E-state index is 0.128. The normalized spacial score (nSPS) is 15.3. The monoisotopic (exact) mass is 375 g/mol. The summed E-state index contributed by atoms with van der Waals surface area (Å²) < 4.78 is 7.22. The number of carbonyl (C=O) groups is 1. The first-order chi connectivity index (χ1) is 12.5. The van der Waals surface area contributed by atoms with Gasteiger partial charge in [0.1, 0.15) is 12.4 Å². The van der Waals surface area contributed by atoms with Gasteiger partial charge in [-0.05, 0) is 45.2 Å². The van der Waals surface area contributed by atoms with E-state index >= 15 is 0 Å². The van der Waals surface area contributed by atoms with Gasteiger partial charge < -0.3 is 15.5 Å². The molecular formula is C18H25N5O2S. The molecule has 2 heterocycles. The fourth-order valence-electron chi connectivity index (χ4n) is 2.99. The second-order valence-electron chi connectivity index (χ2n) is 6.62. The van der Waals surface area contributed by atoms with Crippen LogP contribution in [0.4, 0.5) is 0 Å². The van der Waals surface area contributed by atoms with Gasteiger partial charge >= 0.3 is 0 Å². The van der Waals surface area contributed by atoms with Gasteiger partial charge in [-0.1, -0.05) is 29.5 Å². The van der Waals surface area contributed by atoms with Crippen LogP contribution in [-0.4, -0.2) is 44.0 Å². The van der Waals surface area contributed by atoms with Crippen LogP contribution in [0, 0.1) is 13.8 Å². The number of rotatable bonds is 6. The van der Waals surface area contributed by atoms with Crippen LogP contribution < -0.4 is 10.6 Å². The molecule has 0 unspecified atom stereocenters. The van der Waals surface area contributed by atoms with Crippen molar-refractivity contribution in [1.82, 2.24) is 19.8 Å². The Labute approximate surface area is 157 Å². The van der Waals surface area contributed by atoms with E-state index in [2.05, 4.69) is 16.3 Å². The van der Waals surface area contributed by atoms with Crippen LogP contribution in [0.15, 0.2) is 23.4 Å². The maximum Gasteiger partial charge on any atom is 0.235 e. The fraction of sp³-hybridized carbons (Fsp3) is 0.500. The highest BCUT2D eigenvalue weighted by atomic mass is 32.2. The molecule has 0 saturated carbocycles. The van der Waals surface area contributed by atoms with E-state index in [9.17, 15) is 4.79 Å². The SMILES string of the molecule is Cc1ccc(OCc2nnc(S[C@H](C)C(=O)N3CCCC3)n2N)c(C)c1. The van der Waals surface area contributed by atoms with E-state index in [-0.39, 0.29) is 17.8 Å². The number of thioether (sulfide) groups is 1. The molecule has 8 heteroatoms. The molecule has 1 fully saturated rings. The third kappa shape index (κ3) is 4.12. The maximum atomic E-state index is 12.4. The van der Waals surface area contributed by atoms with Gasteiger partial charge in [0.05, 0.1) is 5.25 Å². The van der Waals surface area contributed by atoms with Crippen molar-refractivity contribution < 1.29 is 9.53 Å². The topological polar surface area (TPSA) is 86.3 Å². The summed E-state index contributed by atoms with van der Waals surface area (Å²) in [6, 6.07) is 6.01. The van der Waals surface area contributed by atoms with Gasteiger partial charge in [0, 0.05) is 13.1 Å². The Balaban J connectivity index is 1.61. The van der Waals surface area contributed by atoms with Crippen LogP contribution in [0.1, 0.15) is 36.7 Å². The van der Waals surface area contributed by atoms with E-state index in [1.165, 1.54) is 22.0 Å². The second-order valence-corrected chi connectivity index (χ2v) is 7.93. The third-order valence-electron chi connectivity index (χ3n) is 4.47. The average Bonchev–Trinajstić information content (AvgIpc) is 3.25. The number of nitrogen functional groups attached to an aromatic ring is 1. The number of likely N-dealkylation sites (tertiary alicyclic amines) is 1.